The van der Waals surface area contributed by atoms with Gasteiger partial charge in [0.05, 0.1) is 11.6 Å². The van der Waals surface area contributed by atoms with Crippen LogP contribution in [0.5, 0.6) is 0 Å². The quantitative estimate of drug-likeness (QED) is 0.749. The average molecular weight is 353 g/mol. The van der Waals surface area contributed by atoms with E-state index in [1.807, 2.05) is 6.07 Å². The van der Waals surface area contributed by atoms with Crippen LogP contribution in [0.1, 0.15) is 21.8 Å². The molecule has 0 aliphatic rings. The molecule has 0 radical (unpaired) electrons. The third-order valence-corrected chi connectivity index (χ3v) is 3.50. The number of rotatable bonds is 3. The van der Waals surface area contributed by atoms with E-state index in [2.05, 4.69) is 15.9 Å². The van der Waals surface area contributed by atoms with Crippen molar-refractivity contribution in [1.29, 1.82) is 5.26 Å². The predicted molar refractivity (Wildman–Crippen MR) is 78.2 cm³/mol. The number of nitriles is 1. The summed E-state index contributed by atoms with van der Waals surface area (Å²) in [6, 6.07) is 12.5. The molecule has 0 fully saturated rings. The topological polar surface area (TPSA) is 40.9 Å². The molecular formula is C15H8BrClFNO. The molecule has 0 aliphatic heterocycles. The highest BCUT2D eigenvalue weighted by Gasteiger charge is 2.24. The number of carbonyl (C=O) groups is 1. The van der Waals surface area contributed by atoms with E-state index in [1.54, 1.807) is 24.3 Å². The zero-order valence-electron chi connectivity index (χ0n) is 10.1. The van der Waals surface area contributed by atoms with E-state index >= 15 is 0 Å². The average Bonchev–Trinajstić information content (AvgIpc) is 2.39. The Balaban J connectivity index is 2.42. The number of nitrogens with zero attached hydrogens (tertiary/aromatic N) is 1. The maximum atomic E-state index is 13.8. The lowest BCUT2D eigenvalue weighted by molar-refractivity contribution is 0.0975. The Hall–Kier alpha value is -1.70. The van der Waals surface area contributed by atoms with Crippen LogP contribution in [0.15, 0.2) is 46.9 Å². The lowest BCUT2D eigenvalue weighted by Crippen LogP contribution is -2.13. The Morgan fingerprint density at radius 3 is 2.65 bits per heavy atom. The van der Waals surface area contributed by atoms with Gasteiger partial charge in [0.2, 0.25) is 0 Å². The third kappa shape index (κ3) is 3.06. The van der Waals surface area contributed by atoms with Crippen LogP contribution in [0, 0.1) is 17.1 Å². The van der Waals surface area contributed by atoms with E-state index in [0.717, 1.165) is 10.5 Å². The van der Waals surface area contributed by atoms with Gasteiger partial charge >= 0.3 is 0 Å². The van der Waals surface area contributed by atoms with Crippen molar-refractivity contribution in [3.05, 3.63) is 68.9 Å². The zero-order valence-corrected chi connectivity index (χ0v) is 12.5. The van der Waals surface area contributed by atoms with Gasteiger partial charge in [0.1, 0.15) is 11.7 Å². The molecule has 20 heavy (non-hydrogen) atoms. The summed E-state index contributed by atoms with van der Waals surface area (Å²) in [5, 5.41) is 9.42. The molecule has 2 aromatic rings. The number of halogens is 3. The molecule has 0 aromatic heterocycles. The number of carbonyl (C=O) groups excluding carboxylic acids is 1. The van der Waals surface area contributed by atoms with Crippen LogP contribution in [0.25, 0.3) is 0 Å². The van der Waals surface area contributed by atoms with Crippen molar-refractivity contribution in [3.63, 3.8) is 0 Å². The maximum Gasteiger partial charge on any atom is 0.187 e. The van der Waals surface area contributed by atoms with E-state index in [-0.39, 0.29) is 10.6 Å². The van der Waals surface area contributed by atoms with Gasteiger partial charge in [-0.25, -0.2) is 4.39 Å². The lowest BCUT2D eigenvalue weighted by atomic mass is 9.92. The van der Waals surface area contributed by atoms with Crippen LogP contribution in [0.4, 0.5) is 4.39 Å². The van der Waals surface area contributed by atoms with Gasteiger partial charge in [0, 0.05) is 9.50 Å². The first kappa shape index (κ1) is 14.7. The second-order valence-corrected chi connectivity index (χ2v) is 5.46. The summed E-state index contributed by atoms with van der Waals surface area (Å²) in [4.78, 5) is 12.3. The van der Waals surface area contributed by atoms with Gasteiger partial charge in [0.25, 0.3) is 0 Å². The zero-order chi connectivity index (χ0) is 14.7. The van der Waals surface area contributed by atoms with Crippen LogP contribution in [-0.2, 0) is 0 Å². The highest BCUT2D eigenvalue weighted by Crippen LogP contribution is 2.25. The van der Waals surface area contributed by atoms with Gasteiger partial charge in [-0.2, -0.15) is 5.26 Å². The molecule has 5 heteroatoms. The molecule has 1 unspecified atom stereocenters. The molecule has 0 N–H and O–H groups in total. The second-order valence-electron chi connectivity index (χ2n) is 4.11. The number of ketones is 1. The first-order chi connectivity index (χ1) is 9.52. The number of hydrogen-bond acceptors (Lipinski definition) is 2. The van der Waals surface area contributed by atoms with Crippen molar-refractivity contribution in [2.45, 2.75) is 5.92 Å². The maximum absolute atomic E-state index is 13.8. The van der Waals surface area contributed by atoms with E-state index in [0.29, 0.717) is 5.56 Å². The smallest absolute Gasteiger partial charge is 0.187 e. The highest BCUT2D eigenvalue weighted by atomic mass is 79.9. The van der Waals surface area contributed by atoms with E-state index in [4.69, 9.17) is 11.6 Å². The molecule has 2 rings (SSSR count). The fourth-order valence-corrected chi connectivity index (χ4v) is 2.39. The number of hydrogen-bond donors (Lipinski definition) is 0. The summed E-state index contributed by atoms with van der Waals surface area (Å²) < 4.78 is 14.5. The van der Waals surface area contributed by atoms with Crippen LogP contribution in [0.2, 0.25) is 5.02 Å². The summed E-state index contributed by atoms with van der Waals surface area (Å²) in [5.41, 5.74) is 0.377. The van der Waals surface area contributed by atoms with Crippen LogP contribution >= 0.6 is 27.5 Å². The molecule has 0 spiro atoms. The van der Waals surface area contributed by atoms with E-state index < -0.39 is 17.5 Å². The summed E-state index contributed by atoms with van der Waals surface area (Å²) in [6.45, 7) is 0. The normalized spacial score (nSPS) is 11.7. The third-order valence-electron chi connectivity index (χ3n) is 2.77. The van der Waals surface area contributed by atoms with Crippen LogP contribution in [0.3, 0.4) is 0 Å². The fourth-order valence-electron chi connectivity index (χ4n) is 1.82. The van der Waals surface area contributed by atoms with Crippen LogP contribution in [-0.4, -0.2) is 5.78 Å². The molecular weight excluding hydrogens is 345 g/mol. The Bertz CT molecular complexity index is 711. The van der Waals surface area contributed by atoms with Crippen molar-refractivity contribution in [1.82, 2.24) is 0 Å². The molecule has 0 heterocycles. The van der Waals surface area contributed by atoms with Crippen LogP contribution < -0.4 is 0 Å². The standard InChI is InChI=1S/C15H8BrClFNO/c16-10-3-1-2-9(6-10)13(8-19)15(20)12-5-4-11(17)7-14(12)18/h1-7,13H. The molecule has 0 saturated carbocycles. The van der Waals surface area contributed by atoms with Gasteiger partial charge < -0.3 is 0 Å². The highest BCUT2D eigenvalue weighted by molar-refractivity contribution is 9.10. The Morgan fingerprint density at radius 1 is 1.30 bits per heavy atom. The fraction of sp³-hybridized carbons (Fsp3) is 0.0667. The van der Waals surface area contributed by atoms with Crippen molar-refractivity contribution in [2.24, 2.45) is 0 Å². The SMILES string of the molecule is N#CC(C(=O)c1ccc(Cl)cc1F)c1cccc(Br)c1. The minimum absolute atomic E-state index is 0.138. The Labute approximate surface area is 128 Å². The molecule has 2 aromatic carbocycles. The molecule has 0 saturated heterocycles. The van der Waals surface area contributed by atoms with Crippen molar-refractivity contribution >= 4 is 33.3 Å². The van der Waals surface area contributed by atoms with Gasteiger partial charge in [-0.05, 0) is 35.9 Å². The molecule has 2 nitrogen and oxygen atoms in total. The molecule has 0 aliphatic carbocycles. The molecule has 100 valence electrons. The van der Waals surface area contributed by atoms with Gasteiger partial charge in [-0.15, -0.1) is 0 Å². The predicted octanol–water partition coefficient (Wildman–Crippen LogP) is 4.73. The minimum atomic E-state index is -1.05. The minimum Gasteiger partial charge on any atom is -0.292 e. The summed E-state index contributed by atoms with van der Waals surface area (Å²) in [5.74, 6) is -2.36. The summed E-state index contributed by atoms with van der Waals surface area (Å²) in [6.07, 6.45) is 0. The van der Waals surface area contributed by atoms with Gasteiger partial charge in [-0.1, -0.05) is 39.7 Å². The van der Waals surface area contributed by atoms with Gasteiger partial charge in [-0.3, -0.25) is 4.79 Å². The Morgan fingerprint density at radius 2 is 2.05 bits per heavy atom. The van der Waals surface area contributed by atoms with Gasteiger partial charge in [0.15, 0.2) is 5.78 Å². The lowest BCUT2D eigenvalue weighted by Gasteiger charge is -2.10. The van der Waals surface area contributed by atoms with Crippen molar-refractivity contribution < 1.29 is 9.18 Å². The summed E-state index contributed by atoms with van der Waals surface area (Å²) >= 11 is 8.93. The molecule has 1 atom stereocenters. The Kier molecular flexibility index (Phi) is 4.53. The summed E-state index contributed by atoms with van der Waals surface area (Å²) in [7, 11) is 0. The monoisotopic (exact) mass is 351 g/mol. The number of Topliss-reactive ketones (excluding diaryl/α,β-unsaturated/α-hetero) is 1. The molecule has 0 amide bonds. The van der Waals surface area contributed by atoms with E-state index in [1.165, 1.54) is 12.1 Å². The second kappa shape index (κ2) is 6.17. The molecule has 0 bridgehead atoms. The number of benzene rings is 2. The van der Waals surface area contributed by atoms with E-state index in [9.17, 15) is 14.4 Å². The first-order valence-electron chi connectivity index (χ1n) is 5.67. The van der Waals surface area contributed by atoms with Crippen molar-refractivity contribution in [3.8, 4) is 6.07 Å². The largest absolute Gasteiger partial charge is 0.292 e. The van der Waals surface area contributed by atoms with Crippen molar-refractivity contribution in [2.75, 3.05) is 0 Å². The first-order valence-corrected chi connectivity index (χ1v) is 6.84.